The first kappa shape index (κ1) is 15.3. The number of rotatable bonds is 6. The molecule has 0 aliphatic heterocycles. The molecule has 0 spiro atoms. The third-order valence-electron chi connectivity index (χ3n) is 3.42. The lowest BCUT2D eigenvalue weighted by Crippen LogP contribution is -2.43. The third kappa shape index (κ3) is 5.62. The number of thioether (sulfide) groups is 1. The fraction of sp³-hybridized carbons (Fsp3) is 1.00. The summed E-state index contributed by atoms with van der Waals surface area (Å²) < 4.78 is 23.1. The van der Waals surface area contributed by atoms with Gasteiger partial charge in [-0.05, 0) is 32.4 Å². The molecule has 0 aromatic carbocycles. The highest BCUT2D eigenvalue weighted by molar-refractivity contribution is 7.99. The van der Waals surface area contributed by atoms with Crippen molar-refractivity contribution < 1.29 is 8.42 Å². The van der Waals surface area contributed by atoms with Crippen LogP contribution in [0.5, 0.6) is 0 Å². The van der Waals surface area contributed by atoms with Crippen LogP contribution in [0.4, 0.5) is 0 Å². The topological polar surface area (TPSA) is 46.2 Å². The first-order valence-electron chi connectivity index (χ1n) is 6.46. The summed E-state index contributed by atoms with van der Waals surface area (Å²) in [6.07, 6.45) is 7.10. The molecular formula is C12H25NO2S2. The van der Waals surface area contributed by atoms with Crippen molar-refractivity contribution in [1.82, 2.24) is 5.32 Å². The monoisotopic (exact) mass is 279 g/mol. The van der Waals surface area contributed by atoms with Crippen molar-refractivity contribution in [3.63, 3.8) is 0 Å². The molecule has 1 aliphatic rings. The number of hydrogen-bond acceptors (Lipinski definition) is 4. The zero-order chi connectivity index (χ0) is 12.9. The smallest absolute Gasteiger partial charge is 0.151 e. The van der Waals surface area contributed by atoms with Gasteiger partial charge in [-0.25, -0.2) is 8.42 Å². The molecule has 1 rings (SSSR count). The lowest BCUT2D eigenvalue weighted by atomic mass is 9.94. The molecule has 1 aliphatic carbocycles. The molecule has 17 heavy (non-hydrogen) atoms. The minimum atomic E-state index is -2.86. The zero-order valence-electron chi connectivity index (χ0n) is 11.1. The van der Waals surface area contributed by atoms with Crippen LogP contribution in [0.1, 0.15) is 39.5 Å². The maximum absolute atomic E-state index is 11.5. The Kier molecular flexibility index (Phi) is 6.31. The van der Waals surface area contributed by atoms with E-state index in [0.29, 0.717) is 6.04 Å². The standard InChI is InChI=1S/C12H25NO2S2/c1-4-17(14,15)9-10(2)13-11-6-5-7-12(8-11)16-3/h10-13H,4-9H2,1-3H3. The molecular weight excluding hydrogens is 254 g/mol. The summed E-state index contributed by atoms with van der Waals surface area (Å²) >= 11 is 1.94. The number of sulfone groups is 1. The highest BCUT2D eigenvalue weighted by Gasteiger charge is 2.23. The van der Waals surface area contributed by atoms with Gasteiger partial charge in [0, 0.05) is 23.1 Å². The van der Waals surface area contributed by atoms with Crippen LogP contribution in [-0.2, 0) is 9.84 Å². The van der Waals surface area contributed by atoms with Crippen LogP contribution in [0.3, 0.4) is 0 Å². The van der Waals surface area contributed by atoms with E-state index in [-0.39, 0.29) is 17.5 Å². The van der Waals surface area contributed by atoms with E-state index in [2.05, 4.69) is 11.6 Å². The predicted octanol–water partition coefficient (Wildman–Crippen LogP) is 2.07. The average molecular weight is 279 g/mol. The Balaban J connectivity index is 2.38. The van der Waals surface area contributed by atoms with Gasteiger partial charge in [0.15, 0.2) is 9.84 Å². The van der Waals surface area contributed by atoms with Gasteiger partial charge >= 0.3 is 0 Å². The Morgan fingerprint density at radius 2 is 2.12 bits per heavy atom. The van der Waals surface area contributed by atoms with E-state index in [4.69, 9.17) is 0 Å². The van der Waals surface area contributed by atoms with E-state index in [1.54, 1.807) is 6.92 Å². The van der Waals surface area contributed by atoms with Crippen LogP contribution in [0, 0.1) is 0 Å². The molecule has 0 saturated heterocycles. The van der Waals surface area contributed by atoms with Gasteiger partial charge in [-0.15, -0.1) is 0 Å². The SMILES string of the molecule is CCS(=O)(=O)CC(C)NC1CCCC(SC)C1. The average Bonchev–Trinajstić information content (AvgIpc) is 2.28. The lowest BCUT2D eigenvalue weighted by Gasteiger charge is -2.31. The van der Waals surface area contributed by atoms with E-state index < -0.39 is 9.84 Å². The van der Waals surface area contributed by atoms with Crippen molar-refractivity contribution in [3.05, 3.63) is 0 Å². The minimum absolute atomic E-state index is 0.0746. The molecule has 1 fully saturated rings. The highest BCUT2D eigenvalue weighted by Crippen LogP contribution is 2.27. The molecule has 1 N–H and O–H groups in total. The van der Waals surface area contributed by atoms with Crippen molar-refractivity contribution in [3.8, 4) is 0 Å². The summed E-state index contributed by atoms with van der Waals surface area (Å²) in [5.41, 5.74) is 0. The van der Waals surface area contributed by atoms with E-state index in [1.807, 2.05) is 18.7 Å². The molecule has 0 aromatic rings. The van der Waals surface area contributed by atoms with Crippen LogP contribution in [0.2, 0.25) is 0 Å². The molecule has 0 amide bonds. The molecule has 5 heteroatoms. The van der Waals surface area contributed by atoms with Crippen molar-refractivity contribution in [2.75, 3.05) is 17.8 Å². The van der Waals surface area contributed by atoms with Gasteiger partial charge < -0.3 is 5.32 Å². The van der Waals surface area contributed by atoms with Crippen LogP contribution in [-0.4, -0.2) is 43.5 Å². The maximum Gasteiger partial charge on any atom is 0.151 e. The molecule has 102 valence electrons. The Hall–Kier alpha value is 0.260. The Morgan fingerprint density at radius 1 is 1.41 bits per heavy atom. The van der Waals surface area contributed by atoms with E-state index >= 15 is 0 Å². The molecule has 0 radical (unpaired) electrons. The van der Waals surface area contributed by atoms with Crippen LogP contribution >= 0.6 is 11.8 Å². The molecule has 0 aromatic heterocycles. The van der Waals surface area contributed by atoms with E-state index in [1.165, 1.54) is 25.7 Å². The third-order valence-corrected chi connectivity index (χ3v) is 6.41. The maximum atomic E-state index is 11.5. The number of hydrogen-bond donors (Lipinski definition) is 1. The summed E-state index contributed by atoms with van der Waals surface area (Å²) in [4.78, 5) is 0. The van der Waals surface area contributed by atoms with Crippen molar-refractivity contribution in [2.24, 2.45) is 0 Å². The molecule has 3 unspecified atom stereocenters. The summed E-state index contributed by atoms with van der Waals surface area (Å²) in [7, 11) is -2.86. The number of nitrogens with one attached hydrogen (secondary N) is 1. The Labute approximate surface area is 110 Å². The first-order valence-corrected chi connectivity index (χ1v) is 9.57. The van der Waals surface area contributed by atoms with Crippen molar-refractivity contribution >= 4 is 21.6 Å². The van der Waals surface area contributed by atoms with E-state index in [0.717, 1.165) is 5.25 Å². The largest absolute Gasteiger partial charge is 0.310 e. The minimum Gasteiger partial charge on any atom is -0.310 e. The second-order valence-electron chi connectivity index (χ2n) is 4.99. The van der Waals surface area contributed by atoms with Gasteiger partial charge in [-0.2, -0.15) is 11.8 Å². The molecule has 0 heterocycles. The van der Waals surface area contributed by atoms with Gasteiger partial charge in [-0.3, -0.25) is 0 Å². The molecule has 3 nitrogen and oxygen atoms in total. The summed E-state index contributed by atoms with van der Waals surface area (Å²) in [5, 5.41) is 4.23. The van der Waals surface area contributed by atoms with Gasteiger partial charge in [-0.1, -0.05) is 13.3 Å². The molecule has 3 atom stereocenters. The summed E-state index contributed by atoms with van der Waals surface area (Å²) in [6.45, 7) is 3.70. The van der Waals surface area contributed by atoms with Crippen LogP contribution in [0.15, 0.2) is 0 Å². The normalized spacial score (nSPS) is 27.9. The van der Waals surface area contributed by atoms with Gasteiger partial charge in [0.05, 0.1) is 5.75 Å². The Bertz CT molecular complexity index is 316. The first-order chi connectivity index (χ1) is 7.96. The quantitative estimate of drug-likeness (QED) is 0.808. The zero-order valence-corrected chi connectivity index (χ0v) is 12.7. The second kappa shape index (κ2) is 7.00. The van der Waals surface area contributed by atoms with Crippen molar-refractivity contribution in [1.29, 1.82) is 0 Å². The van der Waals surface area contributed by atoms with Crippen LogP contribution in [0.25, 0.3) is 0 Å². The van der Waals surface area contributed by atoms with Crippen molar-refractivity contribution in [2.45, 2.75) is 56.9 Å². The van der Waals surface area contributed by atoms with Gasteiger partial charge in [0.25, 0.3) is 0 Å². The fourth-order valence-corrected chi connectivity index (χ4v) is 4.38. The predicted molar refractivity (Wildman–Crippen MR) is 76.5 cm³/mol. The van der Waals surface area contributed by atoms with Gasteiger partial charge in [0.1, 0.15) is 0 Å². The van der Waals surface area contributed by atoms with Crippen LogP contribution < -0.4 is 5.32 Å². The van der Waals surface area contributed by atoms with Gasteiger partial charge in [0.2, 0.25) is 0 Å². The Morgan fingerprint density at radius 3 is 2.71 bits per heavy atom. The van der Waals surface area contributed by atoms with E-state index in [9.17, 15) is 8.42 Å². The summed E-state index contributed by atoms with van der Waals surface area (Å²) in [5.74, 6) is 0.515. The fourth-order valence-electron chi connectivity index (χ4n) is 2.46. The molecule has 0 bridgehead atoms. The molecule has 1 saturated carbocycles. The summed E-state index contributed by atoms with van der Waals surface area (Å²) in [6, 6.07) is 0.578. The second-order valence-corrected chi connectivity index (χ2v) is 8.52. The lowest BCUT2D eigenvalue weighted by molar-refractivity contribution is 0.358. The highest BCUT2D eigenvalue weighted by atomic mass is 32.2.